The zero-order chi connectivity index (χ0) is 20.5. The number of aromatic nitrogens is 1. The Balaban J connectivity index is 1.43. The maximum absolute atomic E-state index is 11.5. The minimum atomic E-state index is -0.164. The van der Waals surface area contributed by atoms with Crippen molar-refractivity contribution in [1.82, 2.24) is 20.5 Å². The van der Waals surface area contributed by atoms with Gasteiger partial charge in [-0.15, -0.1) is 0 Å². The molecule has 156 valence electrons. The predicted molar refractivity (Wildman–Crippen MR) is 120 cm³/mol. The van der Waals surface area contributed by atoms with Gasteiger partial charge in [0.05, 0.1) is 5.69 Å². The van der Waals surface area contributed by atoms with E-state index in [0.717, 1.165) is 38.9 Å². The molecule has 6 heteroatoms. The zero-order valence-corrected chi connectivity index (χ0v) is 17.1. The Morgan fingerprint density at radius 2 is 1.70 bits per heavy atom. The summed E-state index contributed by atoms with van der Waals surface area (Å²) in [5.41, 5.74) is 10.4. The van der Waals surface area contributed by atoms with Crippen molar-refractivity contribution in [1.29, 1.82) is 0 Å². The van der Waals surface area contributed by atoms with E-state index in [2.05, 4.69) is 75.1 Å². The van der Waals surface area contributed by atoms with Crippen molar-refractivity contribution < 1.29 is 4.79 Å². The van der Waals surface area contributed by atoms with Gasteiger partial charge in [0.25, 0.3) is 0 Å². The fourth-order valence-electron chi connectivity index (χ4n) is 4.96. The van der Waals surface area contributed by atoms with Gasteiger partial charge in [0.2, 0.25) is 5.91 Å². The molecule has 6 nitrogen and oxygen atoms in total. The number of carbonyl (C=O) groups excluding carboxylic acids is 1. The number of aromatic amines is 1. The number of amides is 1. The number of primary amides is 1. The molecule has 2 unspecified atom stereocenters. The summed E-state index contributed by atoms with van der Waals surface area (Å²) >= 11 is 0. The van der Waals surface area contributed by atoms with E-state index in [1.807, 2.05) is 0 Å². The molecular weight excluding hydrogens is 374 g/mol. The van der Waals surface area contributed by atoms with Crippen molar-refractivity contribution in [3.63, 3.8) is 0 Å². The maximum Gasteiger partial charge on any atom is 0.220 e. The number of nitrogens with two attached hydrogens (primary N) is 1. The molecule has 30 heavy (non-hydrogen) atoms. The summed E-state index contributed by atoms with van der Waals surface area (Å²) < 4.78 is 0. The molecule has 2 aromatic carbocycles. The highest BCUT2D eigenvalue weighted by Gasteiger charge is 2.32. The standard InChI is InChI=1S/C24H29N5O/c25-23(30)17-11-14-29(15-12-17)24-26-13-10-20(28-24)21-18-8-4-5-9-19(18)27-22(21)16-6-2-1-3-7-16/h1-9,17,20,24,26-28H,10-15H2,(H2,25,30). The molecule has 5 N–H and O–H groups in total. The van der Waals surface area contributed by atoms with Crippen LogP contribution in [0.2, 0.25) is 0 Å². The number of hydrogen-bond donors (Lipinski definition) is 4. The second kappa shape index (κ2) is 8.22. The van der Waals surface area contributed by atoms with Gasteiger partial charge < -0.3 is 10.7 Å². The van der Waals surface area contributed by atoms with Crippen molar-refractivity contribution >= 4 is 16.8 Å². The largest absolute Gasteiger partial charge is 0.369 e. The summed E-state index contributed by atoms with van der Waals surface area (Å²) in [6.07, 6.45) is 2.80. The number of likely N-dealkylation sites (tertiary alicyclic amines) is 1. The highest BCUT2D eigenvalue weighted by atomic mass is 16.1. The number of H-pyrrole nitrogens is 1. The lowest BCUT2D eigenvalue weighted by molar-refractivity contribution is -0.123. The third kappa shape index (κ3) is 3.62. The Morgan fingerprint density at radius 3 is 2.47 bits per heavy atom. The third-order valence-corrected chi connectivity index (χ3v) is 6.58. The Morgan fingerprint density at radius 1 is 0.967 bits per heavy atom. The summed E-state index contributed by atoms with van der Waals surface area (Å²) in [5.74, 6) is -0.151. The Hall–Kier alpha value is -2.67. The molecule has 3 heterocycles. The Labute approximate surface area is 176 Å². The van der Waals surface area contributed by atoms with Crippen LogP contribution >= 0.6 is 0 Å². The van der Waals surface area contributed by atoms with Crippen LogP contribution in [0.5, 0.6) is 0 Å². The number of carbonyl (C=O) groups is 1. The van der Waals surface area contributed by atoms with Crippen LogP contribution in [0.15, 0.2) is 54.6 Å². The first-order valence-electron chi connectivity index (χ1n) is 10.9. The summed E-state index contributed by atoms with van der Waals surface area (Å²) in [4.78, 5) is 17.6. The van der Waals surface area contributed by atoms with Crippen LogP contribution in [0.1, 0.15) is 30.9 Å². The van der Waals surface area contributed by atoms with Crippen molar-refractivity contribution in [2.24, 2.45) is 11.7 Å². The molecule has 1 aromatic heterocycles. The molecule has 2 aliphatic rings. The molecule has 2 aliphatic heterocycles. The first kappa shape index (κ1) is 19.3. The molecule has 1 amide bonds. The van der Waals surface area contributed by atoms with Gasteiger partial charge in [-0.2, -0.15) is 0 Å². The number of hydrogen-bond acceptors (Lipinski definition) is 4. The van der Waals surface area contributed by atoms with E-state index in [1.165, 1.54) is 27.7 Å². The lowest BCUT2D eigenvalue weighted by atomic mass is 9.94. The van der Waals surface area contributed by atoms with Gasteiger partial charge >= 0.3 is 0 Å². The second-order valence-corrected chi connectivity index (χ2v) is 8.40. The number of rotatable bonds is 4. The average molecular weight is 404 g/mol. The third-order valence-electron chi connectivity index (χ3n) is 6.58. The Kier molecular flexibility index (Phi) is 5.29. The molecule has 2 saturated heterocycles. The number of para-hydroxylation sites is 1. The van der Waals surface area contributed by atoms with Crippen molar-refractivity contribution in [3.05, 3.63) is 60.2 Å². The van der Waals surface area contributed by atoms with Gasteiger partial charge in [0.1, 0.15) is 6.29 Å². The summed E-state index contributed by atoms with van der Waals surface area (Å²) in [5, 5.41) is 8.75. The van der Waals surface area contributed by atoms with E-state index in [-0.39, 0.29) is 24.2 Å². The molecule has 0 aliphatic carbocycles. The summed E-state index contributed by atoms with van der Waals surface area (Å²) in [6.45, 7) is 2.71. The quantitative estimate of drug-likeness (QED) is 0.540. The normalized spacial score (nSPS) is 23.6. The van der Waals surface area contributed by atoms with Crippen molar-refractivity contribution in [3.8, 4) is 11.3 Å². The number of nitrogens with zero attached hydrogens (tertiary/aromatic N) is 1. The average Bonchev–Trinajstić information content (AvgIpc) is 3.19. The molecule has 3 aromatic rings. The molecule has 0 saturated carbocycles. The van der Waals surface area contributed by atoms with Gasteiger partial charge in [-0.25, -0.2) is 0 Å². The van der Waals surface area contributed by atoms with Crippen LogP contribution in [0.25, 0.3) is 22.2 Å². The van der Waals surface area contributed by atoms with Gasteiger partial charge in [0.15, 0.2) is 0 Å². The van der Waals surface area contributed by atoms with Crippen LogP contribution in [0.4, 0.5) is 0 Å². The number of benzene rings is 2. The van der Waals surface area contributed by atoms with Crippen LogP contribution < -0.4 is 16.4 Å². The van der Waals surface area contributed by atoms with E-state index >= 15 is 0 Å². The smallest absolute Gasteiger partial charge is 0.220 e. The molecule has 0 spiro atoms. The van der Waals surface area contributed by atoms with E-state index < -0.39 is 0 Å². The minimum Gasteiger partial charge on any atom is -0.369 e. The Bertz CT molecular complexity index is 1020. The van der Waals surface area contributed by atoms with Crippen LogP contribution in [0, 0.1) is 5.92 Å². The van der Waals surface area contributed by atoms with Crippen molar-refractivity contribution in [2.75, 3.05) is 19.6 Å². The molecule has 5 rings (SSSR count). The number of nitrogens with one attached hydrogen (secondary N) is 3. The monoisotopic (exact) mass is 403 g/mol. The van der Waals surface area contributed by atoms with E-state index in [1.54, 1.807) is 0 Å². The summed E-state index contributed by atoms with van der Waals surface area (Å²) in [7, 11) is 0. The fraction of sp³-hybridized carbons (Fsp3) is 0.375. The number of piperidine rings is 1. The van der Waals surface area contributed by atoms with E-state index in [9.17, 15) is 4.79 Å². The SMILES string of the molecule is NC(=O)C1CCN(C2NCCC(c3c(-c4ccccc4)[nH]c4ccccc34)N2)CC1. The van der Waals surface area contributed by atoms with E-state index in [4.69, 9.17) is 5.73 Å². The molecular formula is C24H29N5O. The first-order chi connectivity index (χ1) is 14.7. The van der Waals surface area contributed by atoms with Gasteiger partial charge in [-0.05, 0) is 37.4 Å². The maximum atomic E-state index is 11.5. The van der Waals surface area contributed by atoms with Crippen molar-refractivity contribution in [2.45, 2.75) is 31.6 Å². The van der Waals surface area contributed by atoms with Crippen LogP contribution in [-0.4, -0.2) is 41.7 Å². The first-order valence-corrected chi connectivity index (χ1v) is 10.9. The molecule has 2 fully saturated rings. The lowest BCUT2D eigenvalue weighted by Gasteiger charge is -2.42. The zero-order valence-electron chi connectivity index (χ0n) is 17.1. The fourth-order valence-corrected chi connectivity index (χ4v) is 4.96. The van der Waals surface area contributed by atoms with Crippen LogP contribution in [-0.2, 0) is 4.79 Å². The predicted octanol–water partition coefficient (Wildman–Crippen LogP) is 2.94. The molecule has 0 radical (unpaired) electrons. The molecule has 2 atom stereocenters. The van der Waals surface area contributed by atoms with Crippen LogP contribution in [0.3, 0.4) is 0 Å². The minimum absolute atomic E-state index is 0.0129. The van der Waals surface area contributed by atoms with E-state index in [0.29, 0.717) is 0 Å². The highest BCUT2D eigenvalue weighted by Crippen LogP contribution is 2.37. The topological polar surface area (TPSA) is 86.2 Å². The highest BCUT2D eigenvalue weighted by molar-refractivity contribution is 5.91. The molecule has 0 bridgehead atoms. The van der Waals surface area contributed by atoms with Gasteiger partial charge in [0, 0.05) is 41.5 Å². The van der Waals surface area contributed by atoms with Gasteiger partial charge in [-0.1, -0.05) is 48.5 Å². The summed E-state index contributed by atoms with van der Waals surface area (Å²) in [6, 6.07) is 19.4. The number of fused-ring (bicyclic) bond motifs is 1. The second-order valence-electron chi connectivity index (χ2n) is 8.40. The lowest BCUT2D eigenvalue weighted by Crippen LogP contribution is -2.61. The van der Waals surface area contributed by atoms with Gasteiger partial charge in [-0.3, -0.25) is 20.3 Å².